The largest absolute Gasteiger partial charge is 0.493 e. The van der Waals surface area contributed by atoms with Crippen LogP contribution in [0.25, 0.3) is 22.3 Å². The molecule has 2 fully saturated rings. The molecular formula is C28H36N4O3. The van der Waals surface area contributed by atoms with Crippen LogP contribution in [0.3, 0.4) is 0 Å². The lowest BCUT2D eigenvalue weighted by molar-refractivity contribution is 0.155. The predicted octanol–water partition coefficient (Wildman–Crippen LogP) is 5.32. The van der Waals surface area contributed by atoms with Crippen LogP contribution in [0, 0.1) is 5.92 Å². The summed E-state index contributed by atoms with van der Waals surface area (Å²) >= 11 is 0. The van der Waals surface area contributed by atoms with Crippen molar-refractivity contribution in [2.75, 3.05) is 39.6 Å². The van der Waals surface area contributed by atoms with Crippen LogP contribution in [0.5, 0.6) is 17.2 Å². The van der Waals surface area contributed by atoms with Crippen molar-refractivity contribution < 1.29 is 14.2 Å². The third kappa shape index (κ3) is 5.61. The Morgan fingerprint density at radius 1 is 0.943 bits per heavy atom. The van der Waals surface area contributed by atoms with E-state index in [9.17, 15) is 0 Å². The number of piperidine rings is 1. The van der Waals surface area contributed by atoms with Crippen molar-refractivity contribution in [2.45, 2.75) is 51.0 Å². The number of nitrogens with zero attached hydrogens (tertiary/aromatic N) is 3. The smallest absolute Gasteiger partial charge is 0.163 e. The van der Waals surface area contributed by atoms with Crippen molar-refractivity contribution in [3.8, 4) is 28.6 Å². The average molecular weight is 477 g/mol. The lowest BCUT2D eigenvalue weighted by atomic mass is 9.98. The minimum atomic E-state index is 0.324. The molecule has 3 aromatic rings. The van der Waals surface area contributed by atoms with E-state index in [2.05, 4.69) is 16.9 Å². The van der Waals surface area contributed by atoms with Gasteiger partial charge in [-0.1, -0.05) is 6.42 Å². The lowest BCUT2D eigenvalue weighted by Gasteiger charge is -2.28. The first-order chi connectivity index (χ1) is 17.1. The van der Waals surface area contributed by atoms with Crippen LogP contribution in [-0.4, -0.2) is 54.8 Å². The third-order valence-electron chi connectivity index (χ3n) is 7.29. The van der Waals surface area contributed by atoms with Gasteiger partial charge in [0.1, 0.15) is 11.6 Å². The van der Waals surface area contributed by atoms with Gasteiger partial charge in [-0.2, -0.15) is 0 Å². The Morgan fingerprint density at radius 3 is 2.40 bits per heavy atom. The number of ether oxygens (including phenoxy) is 3. The Bertz CT molecular complexity index is 1140. The molecule has 2 aromatic carbocycles. The Kier molecular flexibility index (Phi) is 7.23. The highest BCUT2D eigenvalue weighted by Gasteiger charge is 2.19. The minimum absolute atomic E-state index is 0.324. The maximum atomic E-state index is 6.35. The summed E-state index contributed by atoms with van der Waals surface area (Å²) in [4.78, 5) is 11.8. The second-order valence-electron chi connectivity index (χ2n) is 9.91. The molecule has 2 aliphatic rings. The van der Waals surface area contributed by atoms with Crippen molar-refractivity contribution in [1.82, 2.24) is 14.9 Å². The number of aromatic nitrogens is 2. The second kappa shape index (κ2) is 10.7. The lowest BCUT2D eigenvalue weighted by Crippen LogP contribution is -2.32. The van der Waals surface area contributed by atoms with Crippen LogP contribution in [0.4, 0.5) is 5.82 Å². The van der Waals surface area contributed by atoms with Gasteiger partial charge in [-0.15, -0.1) is 0 Å². The van der Waals surface area contributed by atoms with Crippen LogP contribution >= 0.6 is 0 Å². The van der Waals surface area contributed by atoms with Crippen LogP contribution in [0.15, 0.2) is 36.4 Å². The fourth-order valence-electron chi connectivity index (χ4n) is 5.06. The highest BCUT2D eigenvalue weighted by atomic mass is 16.5. The summed E-state index contributed by atoms with van der Waals surface area (Å²) in [6, 6.07) is 11.8. The van der Waals surface area contributed by atoms with Crippen molar-refractivity contribution in [1.29, 1.82) is 0 Å². The molecule has 1 aliphatic heterocycles. The molecule has 2 N–H and O–H groups in total. The number of nitrogen functional groups attached to an aromatic ring is 1. The predicted molar refractivity (Wildman–Crippen MR) is 139 cm³/mol. The first-order valence-corrected chi connectivity index (χ1v) is 12.8. The highest BCUT2D eigenvalue weighted by molar-refractivity contribution is 5.92. The Morgan fingerprint density at radius 2 is 1.69 bits per heavy atom. The number of nitrogens with two attached hydrogens (primary N) is 1. The monoisotopic (exact) mass is 476 g/mol. The van der Waals surface area contributed by atoms with E-state index in [1.54, 1.807) is 7.11 Å². The quantitative estimate of drug-likeness (QED) is 0.494. The second-order valence-corrected chi connectivity index (χ2v) is 9.91. The molecule has 0 atom stereocenters. The molecule has 186 valence electrons. The van der Waals surface area contributed by atoms with Gasteiger partial charge in [-0.25, -0.2) is 9.97 Å². The zero-order valence-electron chi connectivity index (χ0n) is 20.8. The first-order valence-electron chi connectivity index (χ1n) is 12.8. The number of hydrogen-bond acceptors (Lipinski definition) is 7. The van der Waals surface area contributed by atoms with Crippen molar-refractivity contribution >= 4 is 16.7 Å². The van der Waals surface area contributed by atoms with Gasteiger partial charge >= 0.3 is 0 Å². The van der Waals surface area contributed by atoms with Crippen molar-refractivity contribution in [3.63, 3.8) is 0 Å². The molecule has 2 heterocycles. The van der Waals surface area contributed by atoms with E-state index in [1.165, 1.54) is 19.3 Å². The Hall–Kier alpha value is -3.06. The molecule has 0 bridgehead atoms. The summed E-state index contributed by atoms with van der Waals surface area (Å²) in [5.41, 5.74) is 8.00. The van der Waals surface area contributed by atoms with Gasteiger partial charge in [-0.3, -0.25) is 0 Å². The molecule has 1 saturated heterocycles. The van der Waals surface area contributed by atoms with Gasteiger partial charge in [0.15, 0.2) is 17.3 Å². The molecule has 7 nitrogen and oxygen atoms in total. The van der Waals surface area contributed by atoms with Crippen LogP contribution in [0.1, 0.15) is 44.9 Å². The Balaban J connectivity index is 1.35. The molecule has 0 amide bonds. The molecule has 5 rings (SSSR count). The van der Waals surface area contributed by atoms with Gasteiger partial charge in [0.2, 0.25) is 0 Å². The molecule has 35 heavy (non-hydrogen) atoms. The van der Waals surface area contributed by atoms with E-state index >= 15 is 0 Å². The minimum Gasteiger partial charge on any atom is -0.493 e. The van der Waals surface area contributed by atoms with E-state index in [0.29, 0.717) is 41.8 Å². The standard InChI is InChI=1S/C28H36N4O3/c1-32-14-12-19(13-15-32)18-34-26-17-24-23(16-25(26)33-2)27(29)31-28(30-24)20-8-10-22(11-9-20)35-21-6-4-3-5-7-21/h8-11,16-17,19,21H,3-7,12-15,18H2,1-2H3,(H2,29,30,31). The van der Waals surface area contributed by atoms with Gasteiger partial charge in [0, 0.05) is 17.0 Å². The molecule has 1 saturated carbocycles. The molecule has 1 aliphatic carbocycles. The number of anilines is 1. The van der Waals surface area contributed by atoms with E-state index < -0.39 is 0 Å². The van der Waals surface area contributed by atoms with Crippen molar-refractivity contribution in [2.24, 2.45) is 5.92 Å². The summed E-state index contributed by atoms with van der Waals surface area (Å²) in [7, 11) is 3.81. The summed E-state index contributed by atoms with van der Waals surface area (Å²) in [5.74, 6) is 3.80. The average Bonchev–Trinajstić information content (AvgIpc) is 2.89. The molecule has 7 heteroatoms. The van der Waals surface area contributed by atoms with Crippen molar-refractivity contribution in [3.05, 3.63) is 36.4 Å². The summed E-state index contributed by atoms with van der Waals surface area (Å²) < 4.78 is 18.0. The summed E-state index contributed by atoms with van der Waals surface area (Å²) in [5, 5.41) is 0.759. The molecule has 1 aromatic heterocycles. The number of hydrogen-bond donors (Lipinski definition) is 1. The molecular weight excluding hydrogens is 440 g/mol. The number of benzene rings is 2. The fourth-order valence-corrected chi connectivity index (χ4v) is 5.06. The topological polar surface area (TPSA) is 82.7 Å². The Labute approximate surface area is 207 Å². The van der Waals surface area contributed by atoms with Gasteiger partial charge in [0.05, 0.1) is 25.3 Å². The first kappa shape index (κ1) is 23.7. The van der Waals surface area contributed by atoms with Gasteiger partial charge < -0.3 is 24.8 Å². The molecule has 0 unspecified atom stereocenters. The summed E-state index contributed by atoms with van der Waals surface area (Å²) in [6.45, 7) is 2.90. The molecule has 0 spiro atoms. The maximum Gasteiger partial charge on any atom is 0.163 e. The maximum absolute atomic E-state index is 6.35. The third-order valence-corrected chi connectivity index (χ3v) is 7.29. The number of likely N-dealkylation sites (tertiary alicyclic amines) is 1. The van der Waals surface area contributed by atoms with E-state index in [0.717, 1.165) is 61.0 Å². The summed E-state index contributed by atoms with van der Waals surface area (Å²) in [6.07, 6.45) is 8.71. The van der Waals surface area contributed by atoms with Crippen LogP contribution < -0.4 is 19.9 Å². The van der Waals surface area contributed by atoms with E-state index in [-0.39, 0.29) is 0 Å². The van der Waals surface area contributed by atoms with E-state index in [4.69, 9.17) is 24.9 Å². The zero-order valence-corrected chi connectivity index (χ0v) is 20.8. The normalized spacial score (nSPS) is 18.0. The SMILES string of the molecule is COc1cc2c(N)nc(-c3ccc(OC4CCCCC4)cc3)nc2cc1OCC1CCN(C)CC1. The van der Waals surface area contributed by atoms with Gasteiger partial charge in [0.25, 0.3) is 0 Å². The highest BCUT2D eigenvalue weighted by Crippen LogP contribution is 2.35. The number of rotatable bonds is 7. The number of fused-ring (bicyclic) bond motifs is 1. The molecule has 0 radical (unpaired) electrons. The van der Waals surface area contributed by atoms with Crippen LogP contribution in [0.2, 0.25) is 0 Å². The zero-order chi connectivity index (χ0) is 24.2. The van der Waals surface area contributed by atoms with Crippen LogP contribution in [-0.2, 0) is 0 Å². The van der Waals surface area contributed by atoms with E-state index in [1.807, 2.05) is 36.4 Å². The number of methoxy groups -OCH3 is 1. The van der Waals surface area contributed by atoms with Gasteiger partial charge in [-0.05, 0) is 94.9 Å². The fraction of sp³-hybridized carbons (Fsp3) is 0.500.